The highest BCUT2D eigenvalue weighted by Crippen LogP contribution is 2.75. The Balaban J connectivity index is 1.41. The molecule has 11 heteroatoms. The number of hydrogen-bond donors (Lipinski definition) is 2. The smallest absolute Gasteiger partial charge is 0.333 e. The van der Waals surface area contributed by atoms with Gasteiger partial charge in [0.1, 0.15) is 22.8 Å². The fraction of sp³-hybridized carbons (Fsp3) is 0.500. The number of hydrogen-bond acceptors (Lipinski definition) is 11. The van der Waals surface area contributed by atoms with Crippen molar-refractivity contribution in [2.45, 2.75) is 123 Å². The summed E-state index contributed by atoms with van der Waals surface area (Å²) in [6.45, 7) is 17.2. The molecule has 65 heavy (non-hydrogen) atoms. The normalized spacial score (nSPS) is 28.2. The van der Waals surface area contributed by atoms with Gasteiger partial charge >= 0.3 is 5.97 Å². The number of ketones is 2. The number of carbonyl (C=O) groups is 3. The molecule has 3 saturated carbocycles. The molecule has 4 aliphatic heterocycles. The van der Waals surface area contributed by atoms with Gasteiger partial charge in [-0.2, -0.15) is 0 Å². The van der Waals surface area contributed by atoms with Gasteiger partial charge in [0.15, 0.2) is 22.8 Å². The third-order valence-electron chi connectivity index (χ3n) is 14.9. The number of benzene rings is 2. The van der Waals surface area contributed by atoms with E-state index in [-0.39, 0.29) is 37.1 Å². The van der Waals surface area contributed by atoms with Crippen LogP contribution in [0, 0.1) is 17.8 Å². The second-order valence-electron chi connectivity index (χ2n) is 20.1. The molecule has 6 atom stereocenters. The number of carbonyl (C=O) groups excluding carboxylic acids is 3. The SMILES string of the molecule is COC(=O)/C(C)=C\CC12OC(C)(C)C3CC(C1=O)C1C4=C(c5ccccc5C4=O)N(CCN)C4=C1C32Oc1c(CC=C(C)C)c2c(c(OCCCCO)c14)C=CC(C)(CCC=C(C)C)O2. The highest BCUT2D eigenvalue weighted by molar-refractivity contribution is 6.23. The maximum atomic E-state index is 15.9. The van der Waals surface area contributed by atoms with Crippen LogP contribution in [0.3, 0.4) is 0 Å². The third-order valence-corrected chi connectivity index (χ3v) is 14.9. The molecule has 0 radical (unpaired) electrons. The van der Waals surface area contributed by atoms with Gasteiger partial charge in [-0.25, -0.2) is 4.79 Å². The molecule has 0 aromatic heterocycles. The number of Topliss-reactive ketones (excluding diaryl/α,β-unsaturated/α-hetero) is 2. The highest BCUT2D eigenvalue weighted by Gasteiger charge is 2.84. The van der Waals surface area contributed by atoms with Gasteiger partial charge in [0.2, 0.25) is 0 Å². The van der Waals surface area contributed by atoms with E-state index in [2.05, 4.69) is 63.8 Å². The third kappa shape index (κ3) is 6.57. The maximum Gasteiger partial charge on any atom is 0.333 e. The summed E-state index contributed by atoms with van der Waals surface area (Å²) < 4.78 is 34.8. The minimum Gasteiger partial charge on any atom is -0.492 e. The number of allylic oxidation sites excluding steroid dienone is 5. The number of unbranched alkanes of at least 4 members (excludes halogenated alkanes) is 1. The Morgan fingerprint density at radius 3 is 2.40 bits per heavy atom. The Morgan fingerprint density at radius 1 is 0.969 bits per heavy atom. The minimum absolute atomic E-state index is 0.0318. The Labute approximate surface area is 383 Å². The van der Waals surface area contributed by atoms with Crippen molar-refractivity contribution in [3.63, 3.8) is 0 Å². The molecule has 3 N–H and O–H groups in total. The predicted molar refractivity (Wildman–Crippen MR) is 250 cm³/mol. The van der Waals surface area contributed by atoms with Crippen molar-refractivity contribution in [3.05, 3.63) is 104 Å². The molecule has 0 amide bonds. The molecular weight excluding hydrogens is 821 g/mol. The molecule has 8 aliphatic rings. The quantitative estimate of drug-likeness (QED) is 0.0766. The van der Waals surface area contributed by atoms with Crippen molar-refractivity contribution >= 4 is 35.0 Å². The second-order valence-corrected chi connectivity index (χ2v) is 20.1. The van der Waals surface area contributed by atoms with Gasteiger partial charge in [-0.15, -0.1) is 0 Å². The summed E-state index contributed by atoms with van der Waals surface area (Å²) in [5, 5.41) is 9.86. The molecule has 4 bridgehead atoms. The Hall–Kier alpha value is -5.23. The van der Waals surface area contributed by atoms with E-state index in [9.17, 15) is 9.90 Å². The second kappa shape index (κ2) is 16.3. The number of nitrogens with two attached hydrogens (primary N) is 1. The summed E-state index contributed by atoms with van der Waals surface area (Å²) >= 11 is 0. The van der Waals surface area contributed by atoms with Crippen LogP contribution in [0.1, 0.15) is 127 Å². The molecule has 2 aromatic carbocycles. The van der Waals surface area contributed by atoms with E-state index in [4.69, 9.17) is 29.4 Å². The number of methoxy groups -OCH3 is 1. The first-order valence-electron chi connectivity index (χ1n) is 23.4. The summed E-state index contributed by atoms with van der Waals surface area (Å²) in [5.41, 5.74) is 11.5. The largest absolute Gasteiger partial charge is 0.492 e. The van der Waals surface area contributed by atoms with Crippen LogP contribution in [0.25, 0.3) is 17.5 Å². The van der Waals surface area contributed by atoms with Crippen LogP contribution in [-0.4, -0.2) is 83.4 Å². The fourth-order valence-electron chi connectivity index (χ4n) is 12.1. The molecule has 1 spiro atoms. The highest BCUT2D eigenvalue weighted by atomic mass is 16.6. The monoisotopic (exact) mass is 884 g/mol. The van der Waals surface area contributed by atoms with Crippen molar-refractivity contribution < 1.29 is 43.2 Å². The van der Waals surface area contributed by atoms with Crippen LogP contribution >= 0.6 is 0 Å². The molecule has 4 heterocycles. The van der Waals surface area contributed by atoms with Crippen LogP contribution in [0.15, 0.2) is 76.4 Å². The number of aliphatic hydroxyl groups excluding tert-OH is 1. The number of nitrogens with zero attached hydrogens (tertiary/aromatic N) is 1. The van der Waals surface area contributed by atoms with E-state index >= 15 is 9.59 Å². The van der Waals surface area contributed by atoms with Crippen molar-refractivity contribution in [1.82, 2.24) is 4.90 Å². The standard InChI is InChI=1S/C54H64N2O9/c1-30(2)15-14-22-52(8)23-21-36-46(63-52)35(19-18-31(3)4)48-41(47(36)62-28-13-12-27-57)44-42-39(40-43(56(44)26-25-55)33-16-10-11-17-34(33)45(40)58)37-29-38-51(6,7)65-53(49(37)59,54(38,42)64-48)24-20-32(5)50(60)61-9/h10-11,15-18,20-21,23,37-39,57H,12-14,19,22,24-29,55H2,1-9H3/b32-20-. The average Bonchev–Trinajstić information content (AvgIpc) is 3.64. The molecule has 1 saturated heterocycles. The lowest BCUT2D eigenvalue weighted by molar-refractivity contribution is -0.181. The first-order chi connectivity index (χ1) is 31.0. The number of aliphatic hydroxyl groups is 1. The van der Waals surface area contributed by atoms with Crippen molar-refractivity contribution in [2.75, 3.05) is 33.4 Å². The minimum atomic E-state index is -1.60. The first kappa shape index (κ1) is 44.9. The summed E-state index contributed by atoms with van der Waals surface area (Å²) in [7, 11) is 1.34. The van der Waals surface area contributed by atoms with Crippen LogP contribution in [0.5, 0.6) is 17.2 Å². The van der Waals surface area contributed by atoms with E-state index < -0.39 is 40.2 Å². The average molecular weight is 885 g/mol. The Bertz CT molecular complexity index is 2580. The molecule has 11 nitrogen and oxygen atoms in total. The summed E-state index contributed by atoms with van der Waals surface area (Å²) in [5.74, 6) is -0.579. The zero-order chi connectivity index (χ0) is 46.4. The van der Waals surface area contributed by atoms with Gasteiger partial charge in [0.05, 0.1) is 41.8 Å². The number of rotatable bonds is 15. The Kier molecular flexibility index (Phi) is 11.3. The van der Waals surface area contributed by atoms with Gasteiger partial charge in [-0.1, -0.05) is 53.6 Å². The van der Waals surface area contributed by atoms with Crippen LogP contribution < -0.4 is 19.9 Å². The van der Waals surface area contributed by atoms with Crippen LogP contribution in [0.4, 0.5) is 0 Å². The number of esters is 1. The topological polar surface area (TPSA) is 147 Å². The lowest BCUT2D eigenvalue weighted by Gasteiger charge is -2.63. The van der Waals surface area contributed by atoms with E-state index in [1.54, 1.807) is 13.0 Å². The molecule has 6 unspecified atom stereocenters. The predicted octanol–water partition coefficient (Wildman–Crippen LogP) is 8.87. The van der Waals surface area contributed by atoms with E-state index in [1.807, 2.05) is 38.1 Å². The summed E-state index contributed by atoms with van der Waals surface area (Å²) in [6.07, 6.45) is 14.0. The molecule has 10 rings (SSSR count). The van der Waals surface area contributed by atoms with Gasteiger partial charge in [0.25, 0.3) is 0 Å². The molecular formula is C54H64N2O9. The summed E-state index contributed by atoms with van der Waals surface area (Å²) in [4.78, 5) is 46.2. The van der Waals surface area contributed by atoms with Gasteiger partial charge in [-0.05, 0) is 106 Å². The molecule has 2 aromatic rings. The maximum absolute atomic E-state index is 15.9. The first-order valence-corrected chi connectivity index (χ1v) is 23.4. The van der Waals surface area contributed by atoms with Crippen molar-refractivity contribution in [2.24, 2.45) is 23.5 Å². The summed E-state index contributed by atoms with van der Waals surface area (Å²) in [6, 6.07) is 7.70. The number of fused-ring (bicyclic) bond motifs is 5. The van der Waals surface area contributed by atoms with Crippen molar-refractivity contribution in [3.8, 4) is 17.2 Å². The number of ether oxygens (including phenoxy) is 5. The molecule has 4 aliphatic carbocycles. The van der Waals surface area contributed by atoms with Crippen LogP contribution in [-0.2, 0) is 25.5 Å². The Morgan fingerprint density at radius 2 is 1.71 bits per heavy atom. The van der Waals surface area contributed by atoms with Crippen molar-refractivity contribution in [1.29, 1.82) is 0 Å². The van der Waals surface area contributed by atoms with Gasteiger partial charge in [0, 0.05) is 77.3 Å². The fourth-order valence-corrected chi connectivity index (χ4v) is 12.1. The zero-order valence-corrected chi connectivity index (χ0v) is 39.4. The van der Waals surface area contributed by atoms with Crippen LogP contribution in [0.2, 0.25) is 0 Å². The van der Waals surface area contributed by atoms with E-state index in [1.165, 1.54) is 12.7 Å². The van der Waals surface area contributed by atoms with Gasteiger partial charge < -0.3 is 39.4 Å². The molecule has 344 valence electrons. The lowest BCUT2D eigenvalue weighted by atomic mass is 9.44. The van der Waals surface area contributed by atoms with Gasteiger partial charge in [-0.3, -0.25) is 9.59 Å². The zero-order valence-electron chi connectivity index (χ0n) is 39.4. The van der Waals surface area contributed by atoms with E-state index in [0.29, 0.717) is 72.8 Å². The molecule has 4 fully saturated rings. The van der Waals surface area contributed by atoms with E-state index in [0.717, 1.165) is 57.6 Å². The lowest BCUT2D eigenvalue weighted by Crippen LogP contribution is -2.75.